The Hall–Kier alpha value is -2.14. The van der Waals surface area contributed by atoms with Gasteiger partial charge >= 0.3 is 0 Å². The van der Waals surface area contributed by atoms with E-state index in [9.17, 15) is 0 Å². The van der Waals surface area contributed by atoms with Crippen molar-refractivity contribution in [1.29, 1.82) is 0 Å². The van der Waals surface area contributed by atoms with Crippen molar-refractivity contribution in [3.05, 3.63) is 40.3 Å². The van der Waals surface area contributed by atoms with Gasteiger partial charge in [-0.3, -0.25) is 0 Å². The third kappa shape index (κ3) is 2.83. The Morgan fingerprint density at radius 2 is 1.81 bits per heavy atom. The number of benzene rings is 1. The number of ether oxygens (including phenoxy) is 1. The Kier molecular flexibility index (Phi) is 3.51. The van der Waals surface area contributed by atoms with Crippen LogP contribution < -0.4 is 10.5 Å². The first-order chi connectivity index (χ1) is 10.0. The summed E-state index contributed by atoms with van der Waals surface area (Å²) in [6.07, 6.45) is 0.962. The van der Waals surface area contributed by atoms with E-state index in [2.05, 4.69) is 29.0 Å². The average molecular weight is 299 g/mol. The molecule has 3 rings (SSSR count). The van der Waals surface area contributed by atoms with E-state index in [1.54, 1.807) is 11.3 Å². The largest absolute Gasteiger partial charge is 0.438 e. The van der Waals surface area contributed by atoms with Gasteiger partial charge in [0.25, 0.3) is 0 Å². The zero-order valence-electron chi connectivity index (χ0n) is 12.3. The van der Waals surface area contributed by atoms with E-state index >= 15 is 0 Å². The lowest BCUT2D eigenvalue weighted by molar-refractivity contribution is 0.468. The molecule has 21 heavy (non-hydrogen) atoms. The highest BCUT2D eigenvalue weighted by Crippen LogP contribution is 2.34. The number of nitrogen functional groups attached to an aromatic ring is 1. The summed E-state index contributed by atoms with van der Waals surface area (Å²) < 4.78 is 5.97. The van der Waals surface area contributed by atoms with E-state index in [1.165, 1.54) is 4.88 Å². The van der Waals surface area contributed by atoms with Crippen LogP contribution in [0, 0.1) is 13.8 Å². The van der Waals surface area contributed by atoms with Gasteiger partial charge in [0.15, 0.2) is 0 Å². The molecule has 0 radical (unpaired) electrons. The fraction of sp³-hybridized carbons (Fsp3) is 0.250. The quantitative estimate of drug-likeness (QED) is 0.785. The third-order valence-corrected chi connectivity index (χ3v) is 4.36. The van der Waals surface area contributed by atoms with Crippen molar-refractivity contribution in [3.63, 3.8) is 0 Å². The molecule has 0 amide bonds. The van der Waals surface area contributed by atoms with Crippen molar-refractivity contribution >= 4 is 27.5 Å². The fourth-order valence-electron chi connectivity index (χ4n) is 2.32. The van der Waals surface area contributed by atoms with Crippen molar-refractivity contribution in [3.8, 4) is 11.6 Å². The Morgan fingerprint density at radius 1 is 1.10 bits per heavy atom. The van der Waals surface area contributed by atoms with Crippen molar-refractivity contribution < 1.29 is 4.74 Å². The molecule has 0 aliphatic heterocycles. The van der Waals surface area contributed by atoms with Gasteiger partial charge in [-0.15, -0.1) is 11.3 Å². The van der Waals surface area contributed by atoms with Crippen LogP contribution in [0.3, 0.4) is 0 Å². The van der Waals surface area contributed by atoms with Crippen LogP contribution in [-0.2, 0) is 6.42 Å². The molecule has 1 aromatic carbocycles. The smallest absolute Gasteiger partial charge is 0.232 e. The second-order valence-electron chi connectivity index (χ2n) is 5.10. The summed E-state index contributed by atoms with van der Waals surface area (Å²) in [6, 6.07) is 8.17. The Labute approximate surface area is 127 Å². The standard InChI is InChI=1S/C16H17N3OS/c1-4-12-8-13-14(18-16(17)19-15(13)21-12)20-11-6-9(2)5-10(3)7-11/h5-8H,4H2,1-3H3,(H2,17,18,19). The molecule has 0 fully saturated rings. The van der Waals surface area contributed by atoms with E-state index < -0.39 is 0 Å². The van der Waals surface area contributed by atoms with E-state index in [1.807, 2.05) is 26.0 Å². The maximum absolute atomic E-state index is 5.97. The molecular formula is C16H17N3OS. The highest BCUT2D eigenvalue weighted by molar-refractivity contribution is 7.18. The molecule has 4 nitrogen and oxygen atoms in total. The van der Waals surface area contributed by atoms with Crippen LogP contribution in [0.5, 0.6) is 11.6 Å². The van der Waals surface area contributed by atoms with Crippen LogP contribution in [0.15, 0.2) is 24.3 Å². The molecule has 2 aromatic heterocycles. The number of aryl methyl sites for hydroxylation is 3. The molecule has 0 aliphatic rings. The minimum atomic E-state index is 0.242. The number of hydrogen-bond donors (Lipinski definition) is 1. The molecular weight excluding hydrogens is 282 g/mol. The summed E-state index contributed by atoms with van der Waals surface area (Å²) in [5.74, 6) is 1.54. The molecule has 5 heteroatoms. The molecule has 0 unspecified atom stereocenters. The second kappa shape index (κ2) is 5.33. The van der Waals surface area contributed by atoms with E-state index in [0.29, 0.717) is 5.88 Å². The fourth-order valence-corrected chi connectivity index (χ4v) is 3.28. The number of nitrogens with zero attached hydrogens (tertiary/aromatic N) is 2. The summed E-state index contributed by atoms with van der Waals surface area (Å²) in [5, 5.41) is 0.921. The number of hydrogen-bond acceptors (Lipinski definition) is 5. The van der Waals surface area contributed by atoms with Crippen molar-refractivity contribution in [1.82, 2.24) is 9.97 Å². The summed E-state index contributed by atoms with van der Waals surface area (Å²) in [7, 11) is 0. The number of thiophene rings is 1. The topological polar surface area (TPSA) is 61.0 Å². The van der Waals surface area contributed by atoms with E-state index in [4.69, 9.17) is 10.5 Å². The maximum Gasteiger partial charge on any atom is 0.232 e. The van der Waals surface area contributed by atoms with Crippen molar-refractivity contribution in [2.75, 3.05) is 5.73 Å². The van der Waals surface area contributed by atoms with Crippen LogP contribution in [-0.4, -0.2) is 9.97 Å². The van der Waals surface area contributed by atoms with Crippen LogP contribution in [0.4, 0.5) is 5.95 Å². The molecule has 0 bridgehead atoms. The number of nitrogens with two attached hydrogens (primary N) is 1. The summed E-state index contributed by atoms with van der Waals surface area (Å²) in [5.41, 5.74) is 8.10. The van der Waals surface area contributed by atoms with Gasteiger partial charge in [0.05, 0.1) is 5.39 Å². The van der Waals surface area contributed by atoms with Gasteiger partial charge in [0.1, 0.15) is 10.6 Å². The second-order valence-corrected chi connectivity index (χ2v) is 6.21. The lowest BCUT2D eigenvalue weighted by atomic mass is 10.1. The number of rotatable bonds is 3. The SMILES string of the molecule is CCc1cc2c(Oc3cc(C)cc(C)c3)nc(N)nc2s1. The highest BCUT2D eigenvalue weighted by atomic mass is 32.1. The summed E-state index contributed by atoms with van der Waals surface area (Å²) in [4.78, 5) is 10.7. The van der Waals surface area contributed by atoms with Crippen molar-refractivity contribution in [2.45, 2.75) is 27.2 Å². The zero-order chi connectivity index (χ0) is 15.0. The first kappa shape index (κ1) is 13.8. The van der Waals surface area contributed by atoms with Gasteiger partial charge in [-0.2, -0.15) is 4.98 Å². The minimum Gasteiger partial charge on any atom is -0.438 e. The molecule has 0 atom stereocenters. The summed E-state index contributed by atoms with van der Waals surface area (Å²) in [6.45, 7) is 6.21. The number of anilines is 1. The molecule has 0 aliphatic carbocycles. The van der Waals surface area contributed by atoms with Gasteiger partial charge in [-0.05, 0) is 49.6 Å². The van der Waals surface area contributed by atoms with Crippen LogP contribution in [0.25, 0.3) is 10.2 Å². The Bertz CT molecular complexity index is 790. The normalized spacial score (nSPS) is 11.0. The molecule has 0 spiro atoms. The lowest BCUT2D eigenvalue weighted by Gasteiger charge is -2.08. The Morgan fingerprint density at radius 3 is 2.48 bits per heavy atom. The van der Waals surface area contributed by atoms with Gasteiger partial charge in [-0.1, -0.05) is 13.0 Å². The van der Waals surface area contributed by atoms with Crippen molar-refractivity contribution in [2.24, 2.45) is 0 Å². The van der Waals surface area contributed by atoms with Gasteiger partial charge in [-0.25, -0.2) is 4.98 Å². The van der Waals surface area contributed by atoms with Gasteiger partial charge in [0, 0.05) is 4.88 Å². The van der Waals surface area contributed by atoms with E-state index in [-0.39, 0.29) is 5.95 Å². The maximum atomic E-state index is 5.97. The first-order valence-electron chi connectivity index (χ1n) is 6.87. The monoisotopic (exact) mass is 299 g/mol. The third-order valence-electron chi connectivity index (χ3n) is 3.18. The minimum absolute atomic E-state index is 0.242. The predicted molar refractivity (Wildman–Crippen MR) is 87.2 cm³/mol. The lowest BCUT2D eigenvalue weighted by Crippen LogP contribution is -1.97. The molecule has 3 aromatic rings. The number of fused-ring (bicyclic) bond motifs is 1. The van der Waals surface area contributed by atoms with Crippen LogP contribution >= 0.6 is 11.3 Å². The highest BCUT2D eigenvalue weighted by Gasteiger charge is 2.12. The molecule has 0 saturated carbocycles. The molecule has 108 valence electrons. The van der Waals surface area contributed by atoms with Crippen LogP contribution in [0.1, 0.15) is 22.9 Å². The molecule has 2 heterocycles. The van der Waals surface area contributed by atoms with Gasteiger partial charge < -0.3 is 10.5 Å². The first-order valence-corrected chi connectivity index (χ1v) is 7.69. The van der Waals surface area contributed by atoms with E-state index in [0.717, 1.165) is 33.5 Å². The predicted octanol–water partition coefficient (Wildman–Crippen LogP) is 4.25. The molecule has 2 N–H and O–H groups in total. The molecule has 0 saturated heterocycles. The van der Waals surface area contributed by atoms with Crippen LogP contribution in [0.2, 0.25) is 0 Å². The summed E-state index contributed by atoms with van der Waals surface area (Å²) >= 11 is 1.63. The number of aromatic nitrogens is 2. The zero-order valence-corrected chi connectivity index (χ0v) is 13.1. The Balaban J connectivity index is 2.08. The van der Waals surface area contributed by atoms with Gasteiger partial charge in [0.2, 0.25) is 11.8 Å². The average Bonchev–Trinajstić information content (AvgIpc) is 2.80.